The van der Waals surface area contributed by atoms with Crippen LogP contribution in [0.2, 0.25) is 0 Å². The second-order valence-electron chi connectivity index (χ2n) is 2.93. The fourth-order valence-corrected chi connectivity index (χ4v) is 2.72. The van der Waals surface area contributed by atoms with Crippen LogP contribution in [-0.2, 0) is 0 Å². The van der Waals surface area contributed by atoms with Crippen molar-refractivity contribution in [1.82, 2.24) is 0 Å². The molecule has 2 rings (SSSR count). The van der Waals surface area contributed by atoms with Gasteiger partial charge in [0.2, 0.25) is 0 Å². The van der Waals surface area contributed by atoms with E-state index in [1.165, 1.54) is 10.8 Å². The molecule has 58 valence electrons. The summed E-state index contributed by atoms with van der Waals surface area (Å²) < 4.78 is 1.14. The molecule has 0 radical (unpaired) electrons. The fraction of sp³-hybridized carbons (Fsp3) is 0. The van der Waals surface area contributed by atoms with Gasteiger partial charge in [0.05, 0.1) is 0 Å². The third-order valence-electron chi connectivity index (χ3n) is 2.17. The van der Waals surface area contributed by atoms with Gasteiger partial charge in [-0.3, -0.25) is 0 Å². The second-order valence-corrected chi connectivity index (χ2v) is 5.03. The summed E-state index contributed by atoms with van der Waals surface area (Å²) in [4.78, 5) is 0. The molecule has 2 aromatic rings. The van der Waals surface area contributed by atoms with Crippen LogP contribution >= 0.6 is 0 Å². The van der Waals surface area contributed by atoms with Gasteiger partial charge >= 0.3 is 80.7 Å². The van der Waals surface area contributed by atoms with Crippen LogP contribution in [0.3, 0.4) is 0 Å². The molecule has 0 aromatic heterocycles. The first-order valence-corrected chi connectivity index (χ1v) is 6.06. The first-order chi connectivity index (χ1) is 5.79. The molecule has 0 saturated carbocycles. The molecule has 0 fully saturated rings. The normalized spacial score (nSPS) is 10.3. The molecular formula is C10H9GaO. The van der Waals surface area contributed by atoms with Crippen LogP contribution in [-0.4, -0.2) is 23.7 Å². The van der Waals surface area contributed by atoms with E-state index < -0.39 is 0 Å². The maximum absolute atomic E-state index is 9.46. The Morgan fingerprint density at radius 3 is 2.58 bits per heavy atom. The van der Waals surface area contributed by atoms with Crippen molar-refractivity contribution in [3.63, 3.8) is 0 Å². The zero-order chi connectivity index (χ0) is 8.55. The van der Waals surface area contributed by atoms with Crippen molar-refractivity contribution in [3.05, 3.63) is 36.4 Å². The van der Waals surface area contributed by atoms with E-state index in [0.717, 1.165) is 4.12 Å². The Hall–Kier alpha value is -0.864. The summed E-state index contributed by atoms with van der Waals surface area (Å²) in [6, 6.07) is 11.9. The van der Waals surface area contributed by atoms with Gasteiger partial charge in [0.1, 0.15) is 0 Å². The molecule has 0 atom stereocenters. The van der Waals surface area contributed by atoms with E-state index in [1.54, 1.807) is 6.07 Å². The van der Waals surface area contributed by atoms with Crippen molar-refractivity contribution in [2.75, 3.05) is 0 Å². The molecular weight excluding hydrogens is 206 g/mol. The Balaban J connectivity index is 2.91. The van der Waals surface area contributed by atoms with E-state index in [0.29, 0.717) is 24.3 Å². The average Bonchev–Trinajstić information content (AvgIpc) is 2.12. The van der Waals surface area contributed by atoms with Crippen LogP contribution in [0, 0.1) is 0 Å². The summed E-state index contributed by atoms with van der Waals surface area (Å²) in [5.74, 6) is 0.453. The Bertz CT molecular complexity index is 423. The van der Waals surface area contributed by atoms with Gasteiger partial charge in [-0.15, -0.1) is 0 Å². The molecule has 0 aliphatic carbocycles. The minimum atomic E-state index is 0.453. The molecule has 1 nitrogen and oxygen atoms in total. The molecule has 0 heterocycles. The van der Waals surface area contributed by atoms with Crippen LogP contribution in [0.1, 0.15) is 0 Å². The summed E-state index contributed by atoms with van der Waals surface area (Å²) in [7, 11) is 0. The summed E-state index contributed by atoms with van der Waals surface area (Å²) in [5, 5.41) is 11.9. The first-order valence-electron chi connectivity index (χ1n) is 3.96. The minimum absolute atomic E-state index is 0.453. The number of hydrogen-bond acceptors (Lipinski definition) is 1. The van der Waals surface area contributed by atoms with Crippen molar-refractivity contribution >= 4 is 33.5 Å². The van der Waals surface area contributed by atoms with Crippen LogP contribution in [0.15, 0.2) is 36.4 Å². The molecule has 0 aliphatic heterocycles. The molecule has 2 heteroatoms. The van der Waals surface area contributed by atoms with Gasteiger partial charge in [-0.25, -0.2) is 0 Å². The van der Waals surface area contributed by atoms with Crippen LogP contribution < -0.4 is 4.12 Å². The summed E-state index contributed by atoms with van der Waals surface area (Å²) >= 11 is 0.526. The maximum atomic E-state index is 9.46. The molecule has 12 heavy (non-hydrogen) atoms. The topological polar surface area (TPSA) is 20.2 Å². The summed E-state index contributed by atoms with van der Waals surface area (Å²) in [5.41, 5.74) is 0. The number of phenols is 1. The molecule has 0 aliphatic rings. The molecule has 0 saturated heterocycles. The Morgan fingerprint density at radius 1 is 1.00 bits per heavy atom. The quantitative estimate of drug-likeness (QED) is 0.644. The van der Waals surface area contributed by atoms with Crippen molar-refractivity contribution < 1.29 is 5.11 Å². The van der Waals surface area contributed by atoms with Gasteiger partial charge in [0.25, 0.3) is 0 Å². The third kappa shape index (κ3) is 1.13. The third-order valence-corrected chi connectivity index (χ3v) is 4.37. The van der Waals surface area contributed by atoms with E-state index in [2.05, 4.69) is 12.1 Å². The van der Waals surface area contributed by atoms with E-state index in [1.807, 2.05) is 18.2 Å². The fourth-order valence-electron chi connectivity index (χ4n) is 1.42. The SMILES string of the molecule is Oc1ccc2ccccc2[c]1[GaH2]. The molecule has 0 bridgehead atoms. The predicted octanol–water partition coefficient (Wildman–Crippen LogP) is 0.804. The van der Waals surface area contributed by atoms with E-state index in [4.69, 9.17) is 0 Å². The Labute approximate surface area is 80.9 Å². The molecule has 1 N–H and O–H groups in total. The van der Waals surface area contributed by atoms with Gasteiger partial charge < -0.3 is 0 Å². The first kappa shape index (κ1) is 7.77. The molecule has 0 amide bonds. The van der Waals surface area contributed by atoms with Crippen molar-refractivity contribution in [1.29, 1.82) is 0 Å². The zero-order valence-corrected chi connectivity index (χ0v) is 11.1. The Kier molecular flexibility index (Phi) is 1.87. The number of rotatable bonds is 0. The molecule has 0 unspecified atom stereocenters. The predicted molar refractivity (Wildman–Crippen MR) is 53.8 cm³/mol. The monoisotopic (exact) mass is 214 g/mol. The summed E-state index contributed by atoms with van der Waals surface area (Å²) in [6.07, 6.45) is 0. The standard InChI is InChI=1S/C10H7O.Ga.2H/c11-10-6-5-8-3-1-2-4-9(8)7-10;;;/h1-6,11H;;;. The number of phenolic OH excluding ortho intramolecular Hbond substituents is 1. The van der Waals surface area contributed by atoms with E-state index in [9.17, 15) is 5.11 Å². The number of fused-ring (bicyclic) bond motifs is 1. The second kappa shape index (κ2) is 2.88. The van der Waals surface area contributed by atoms with E-state index in [-0.39, 0.29) is 0 Å². The van der Waals surface area contributed by atoms with Gasteiger partial charge in [0.15, 0.2) is 0 Å². The van der Waals surface area contributed by atoms with Crippen molar-refractivity contribution in [2.45, 2.75) is 0 Å². The van der Waals surface area contributed by atoms with Crippen molar-refractivity contribution in [2.24, 2.45) is 0 Å². The van der Waals surface area contributed by atoms with Crippen LogP contribution in [0.5, 0.6) is 5.75 Å². The number of aromatic hydroxyl groups is 1. The van der Waals surface area contributed by atoms with E-state index >= 15 is 0 Å². The van der Waals surface area contributed by atoms with Crippen LogP contribution in [0.4, 0.5) is 0 Å². The number of hydrogen-bond donors (Lipinski definition) is 1. The molecule has 0 spiro atoms. The van der Waals surface area contributed by atoms with Gasteiger partial charge in [0, 0.05) is 0 Å². The van der Waals surface area contributed by atoms with Crippen molar-refractivity contribution in [3.8, 4) is 5.75 Å². The van der Waals surface area contributed by atoms with Crippen LogP contribution in [0.25, 0.3) is 10.8 Å². The van der Waals surface area contributed by atoms with Gasteiger partial charge in [-0.1, -0.05) is 0 Å². The zero-order valence-electron chi connectivity index (χ0n) is 6.91. The number of benzene rings is 2. The molecule has 2 aromatic carbocycles. The average molecular weight is 215 g/mol. The van der Waals surface area contributed by atoms with Gasteiger partial charge in [-0.2, -0.15) is 0 Å². The Morgan fingerprint density at radius 2 is 1.75 bits per heavy atom. The van der Waals surface area contributed by atoms with Gasteiger partial charge in [-0.05, 0) is 0 Å². The summed E-state index contributed by atoms with van der Waals surface area (Å²) in [6.45, 7) is 0.